The molecule has 0 bridgehead atoms. The van der Waals surface area contributed by atoms with E-state index in [0.29, 0.717) is 16.7 Å². The largest absolute Gasteiger partial charge is 0.332 e. The molecule has 0 aliphatic rings. The number of nitrogens with zero attached hydrogens (tertiary/aromatic N) is 1. The summed E-state index contributed by atoms with van der Waals surface area (Å²) in [5.41, 5.74) is 3.89. The summed E-state index contributed by atoms with van der Waals surface area (Å²) in [7, 11) is 0. The standard InChI is InChI=1S/C25H24N4OS4/c1-3-21(23(30)29-25-28-20(15-33-25)22-8-5-13-32-22)34-19-7-4-6-18(14-19)27-24(31)26-17-11-9-16(2)10-12-17/h4-15,21H,3H2,1-2H3,(H2,26,27,31)(H,28,29,30). The Kier molecular flexibility index (Phi) is 8.34. The Balaban J connectivity index is 1.35. The van der Waals surface area contributed by atoms with Crippen molar-refractivity contribution in [1.82, 2.24) is 4.98 Å². The van der Waals surface area contributed by atoms with Gasteiger partial charge in [0, 0.05) is 21.7 Å². The van der Waals surface area contributed by atoms with Gasteiger partial charge in [-0.1, -0.05) is 36.8 Å². The van der Waals surface area contributed by atoms with E-state index in [1.807, 2.05) is 85.3 Å². The molecule has 34 heavy (non-hydrogen) atoms. The molecular weight excluding hydrogens is 501 g/mol. The van der Waals surface area contributed by atoms with Gasteiger partial charge in [-0.2, -0.15) is 0 Å². The number of thiocarbonyl (C=S) groups is 1. The maximum Gasteiger partial charge on any atom is 0.239 e. The summed E-state index contributed by atoms with van der Waals surface area (Å²) in [6.45, 7) is 4.06. The van der Waals surface area contributed by atoms with E-state index in [9.17, 15) is 4.79 Å². The highest BCUT2D eigenvalue weighted by molar-refractivity contribution is 8.00. The fourth-order valence-electron chi connectivity index (χ4n) is 3.12. The zero-order chi connectivity index (χ0) is 23.9. The van der Waals surface area contributed by atoms with Gasteiger partial charge >= 0.3 is 0 Å². The van der Waals surface area contributed by atoms with Crippen LogP contribution in [0.1, 0.15) is 18.9 Å². The first kappa shape index (κ1) is 24.4. The molecule has 0 spiro atoms. The Hall–Kier alpha value is -2.72. The fraction of sp³-hybridized carbons (Fsp3) is 0.160. The van der Waals surface area contributed by atoms with Crippen LogP contribution in [0.4, 0.5) is 16.5 Å². The molecule has 9 heteroatoms. The van der Waals surface area contributed by atoms with E-state index < -0.39 is 0 Å². The molecule has 5 nitrogen and oxygen atoms in total. The molecule has 4 aromatic rings. The Morgan fingerprint density at radius 3 is 2.56 bits per heavy atom. The van der Waals surface area contributed by atoms with E-state index in [-0.39, 0.29) is 11.2 Å². The first-order valence-corrected chi connectivity index (χ1v) is 13.8. The smallest absolute Gasteiger partial charge is 0.239 e. The number of nitrogens with one attached hydrogen (secondary N) is 3. The van der Waals surface area contributed by atoms with Crippen LogP contribution in [-0.4, -0.2) is 21.3 Å². The van der Waals surface area contributed by atoms with Gasteiger partial charge in [-0.3, -0.25) is 4.79 Å². The molecule has 1 unspecified atom stereocenters. The van der Waals surface area contributed by atoms with Crippen LogP contribution in [0.15, 0.2) is 76.3 Å². The molecule has 0 saturated heterocycles. The minimum atomic E-state index is -0.234. The van der Waals surface area contributed by atoms with Crippen molar-refractivity contribution in [3.63, 3.8) is 0 Å². The van der Waals surface area contributed by atoms with Gasteiger partial charge in [0.1, 0.15) is 0 Å². The van der Waals surface area contributed by atoms with Crippen molar-refractivity contribution in [1.29, 1.82) is 0 Å². The Bertz CT molecular complexity index is 1250. The highest BCUT2D eigenvalue weighted by Crippen LogP contribution is 2.31. The Labute approximate surface area is 217 Å². The van der Waals surface area contributed by atoms with E-state index in [1.165, 1.54) is 28.7 Å². The molecule has 4 rings (SSSR count). The van der Waals surface area contributed by atoms with Gasteiger partial charge in [-0.15, -0.1) is 34.4 Å². The Morgan fingerprint density at radius 1 is 1.03 bits per heavy atom. The predicted molar refractivity (Wildman–Crippen MR) is 151 cm³/mol. The summed E-state index contributed by atoms with van der Waals surface area (Å²) in [4.78, 5) is 19.6. The lowest BCUT2D eigenvalue weighted by molar-refractivity contribution is -0.115. The van der Waals surface area contributed by atoms with Gasteiger partial charge in [0.2, 0.25) is 5.91 Å². The SMILES string of the molecule is CCC(Sc1cccc(NC(=S)Nc2ccc(C)cc2)c1)C(=O)Nc1nc(-c2cccs2)cs1. The number of carbonyl (C=O) groups excluding carboxylic acids is 1. The lowest BCUT2D eigenvalue weighted by Crippen LogP contribution is -2.24. The van der Waals surface area contributed by atoms with E-state index in [2.05, 4.69) is 20.9 Å². The first-order valence-electron chi connectivity index (χ1n) is 10.7. The van der Waals surface area contributed by atoms with E-state index in [0.717, 1.165) is 26.8 Å². The summed E-state index contributed by atoms with van der Waals surface area (Å²) in [5, 5.41) is 14.3. The van der Waals surface area contributed by atoms with Crippen molar-refractivity contribution in [2.75, 3.05) is 16.0 Å². The van der Waals surface area contributed by atoms with Crippen LogP contribution >= 0.6 is 46.7 Å². The zero-order valence-corrected chi connectivity index (χ0v) is 22.0. The normalized spacial score (nSPS) is 11.6. The van der Waals surface area contributed by atoms with Crippen LogP contribution in [0.5, 0.6) is 0 Å². The van der Waals surface area contributed by atoms with Crippen molar-refractivity contribution < 1.29 is 4.79 Å². The van der Waals surface area contributed by atoms with Crippen LogP contribution < -0.4 is 16.0 Å². The molecule has 2 heterocycles. The van der Waals surface area contributed by atoms with Gasteiger partial charge in [0.05, 0.1) is 15.8 Å². The van der Waals surface area contributed by atoms with Crippen molar-refractivity contribution in [2.45, 2.75) is 30.4 Å². The van der Waals surface area contributed by atoms with Crippen LogP contribution in [0.3, 0.4) is 0 Å². The third-order valence-corrected chi connectivity index (χ3v) is 8.06. The molecule has 0 aliphatic carbocycles. The molecule has 0 aliphatic heterocycles. The fourth-order valence-corrected chi connectivity index (χ4v) is 5.84. The van der Waals surface area contributed by atoms with Crippen LogP contribution in [0, 0.1) is 6.92 Å². The molecular formula is C25H24N4OS4. The van der Waals surface area contributed by atoms with E-state index in [4.69, 9.17) is 12.2 Å². The molecule has 0 fully saturated rings. The summed E-state index contributed by atoms with van der Waals surface area (Å²) in [6.07, 6.45) is 0.699. The molecule has 0 radical (unpaired) electrons. The van der Waals surface area contributed by atoms with E-state index in [1.54, 1.807) is 11.3 Å². The second kappa shape index (κ2) is 11.6. The number of anilines is 3. The molecule has 1 amide bonds. The number of benzene rings is 2. The van der Waals surface area contributed by atoms with Crippen molar-refractivity contribution in [3.8, 4) is 10.6 Å². The molecule has 2 aromatic heterocycles. The number of hydrogen-bond donors (Lipinski definition) is 3. The van der Waals surface area contributed by atoms with Crippen LogP contribution in [0.2, 0.25) is 0 Å². The quantitative estimate of drug-likeness (QED) is 0.164. The number of aryl methyl sites for hydroxylation is 1. The number of aromatic nitrogens is 1. The lowest BCUT2D eigenvalue weighted by Gasteiger charge is -2.15. The summed E-state index contributed by atoms with van der Waals surface area (Å²) in [6, 6.07) is 20.0. The van der Waals surface area contributed by atoms with Gasteiger partial charge < -0.3 is 16.0 Å². The molecule has 3 N–H and O–H groups in total. The average molecular weight is 525 g/mol. The lowest BCUT2D eigenvalue weighted by atomic mass is 10.2. The number of thiazole rings is 1. The number of carbonyl (C=O) groups is 1. The molecule has 0 saturated carbocycles. The third-order valence-electron chi connectivity index (χ3n) is 4.85. The van der Waals surface area contributed by atoms with Gasteiger partial charge in [-0.05, 0) is 67.3 Å². The average Bonchev–Trinajstić information content (AvgIpc) is 3.51. The summed E-state index contributed by atoms with van der Waals surface area (Å²) >= 11 is 10.1. The highest BCUT2D eigenvalue weighted by Gasteiger charge is 2.20. The number of rotatable bonds is 8. The monoisotopic (exact) mass is 524 g/mol. The first-order chi connectivity index (χ1) is 16.5. The topological polar surface area (TPSA) is 66.0 Å². The summed E-state index contributed by atoms with van der Waals surface area (Å²) in [5.74, 6) is -0.0468. The number of thiophene rings is 1. The van der Waals surface area contributed by atoms with E-state index >= 15 is 0 Å². The third kappa shape index (κ3) is 6.66. The second-order valence-electron chi connectivity index (χ2n) is 7.49. The Morgan fingerprint density at radius 2 is 1.82 bits per heavy atom. The zero-order valence-electron chi connectivity index (χ0n) is 18.7. The van der Waals surface area contributed by atoms with Crippen molar-refractivity contribution >= 4 is 74.2 Å². The second-order valence-corrected chi connectivity index (χ2v) is 11.0. The van der Waals surface area contributed by atoms with Crippen molar-refractivity contribution in [2.24, 2.45) is 0 Å². The predicted octanol–water partition coefficient (Wildman–Crippen LogP) is 7.50. The molecule has 174 valence electrons. The van der Waals surface area contributed by atoms with Gasteiger partial charge in [-0.25, -0.2) is 4.98 Å². The maximum absolute atomic E-state index is 12.9. The maximum atomic E-state index is 12.9. The van der Waals surface area contributed by atoms with Gasteiger partial charge in [0.25, 0.3) is 0 Å². The molecule has 2 aromatic carbocycles. The van der Waals surface area contributed by atoms with Crippen LogP contribution in [0.25, 0.3) is 10.6 Å². The number of thioether (sulfide) groups is 1. The van der Waals surface area contributed by atoms with Crippen molar-refractivity contribution in [3.05, 3.63) is 77.0 Å². The van der Waals surface area contributed by atoms with Gasteiger partial charge in [0.15, 0.2) is 10.2 Å². The molecule has 1 atom stereocenters. The number of amides is 1. The summed E-state index contributed by atoms with van der Waals surface area (Å²) < 4.78 is 0. The van der Waals surface area contributed by atoms with Crippen LogP contribution in [-0.2, 0) is 4.79 Å². The highest BCUT2D eigenvalue weighted by atomic mass is 32.2. The number of hydrogen-bond acceptors (Lipinski definition) is 6. The minimum Gasteiger partial charge on any atom is -0.332 e. The minimum absolute atomic E-state index is 0.0468.